The van der Waals surface area contributed by atoms with Crippen molar-refractivity contribution >= 4 is 22.7 Å². The van der Waals surface area contributed by atoms with Gasteiger partial charge in [0, 0.05) is 24.1 Å². The van der Waals surface area contributed by atoms with Gasteiger partial charge < -0.3 is 30.4 Å². The predicted octanol–water partition coefficient (Wildman–Crippen LogP) is 5.36. The van der Waals surface area contributed by atoms with Crippen LogP contribution in [0.25, 0.3) is 10.9 Å². The monoisotopic (exact) mass is 579 g/mol. The second-order valence-electron chi connectivity index (χ2n) is 10.2. The molecular weight excluding hydrogens is 546 g/mol. The van der Waals surface area contributed by atoms with Crippen molar-refractivity contribution in [1.82, 2.24) is 10.3 Å². The molecule has 4 aromatic carbocycles. The number of phenols is 1. The van der Waals surface area contributed by atoms with E-state index in [2.05, 4.69) is 16.4 Å². The Morgan fingerprint density at radius 2 is 1.65 bits per heavy atom. The van der Waals surface area contributed by atoms with Gasteiger partial charge in [-0.25, -0.2) is 4.79 Å². The maximum atomic E-state index is 12.0. The van der Waals surface area contributed by atoms with Gasteiger partial charge >= 0.3 is 6.09 Å². The average molecular weight is 580 g/mol. The van der Waals surface area contributed by atoms with Crippen LogP contribution in [0.5, 0.6) is 11.5 Å². The fourth-order valence-corrected chi connectivity index (χ4v) is 4.95. The summed E-state index contributed by atoms with van der Waals surface area (Å²) in [6, 6.07) is 30.6. The summed E-state index contributed by atoms with van der Waals surface area (Å²) in [6.45, 7) is 1.49. The number of hydrogen-bond donors (Lipinski definition) is 5. The first-order valence-corrected chi connectivity index (χ1v) is 14.0. The maximum absolute atomic E-state index is 12.0. The molecule has 9 heteroatoms. The van der Waals surface area contributed by atoms with Gasteiger partial charge in [-0.05, 0) is 59.5 Å². The number of carbonyl (C=O) groups is 1. The molecule has 0 fully saturated rings. The third-order valence-corrected chi connectivity index (χ3v) is 7.13. The molecule has 1 amide bonds. The number of nitrogens with zero attached hydrogens (tertiary/aromatic N) is 1. The van der Waals surface area contributed by atoms with Gasteiger partial charge in [-0.15, -0.1) is 0 Å². The summed E-state index contributed by atoms with van der Waals surface area (Å²) in [5.41, 5.74) is 4.11. The van der Waals surface area contributed by atoms with Crippen LogP contribution in [0.4, 0.5) is 10.5 Å². The fourth-order valence-electron chi connectivity index (χ4n) is 4.95. The quantitative estimate of drug-likeness (QED) is 0.126. The van der Waals surface area contributed by atoms with E-state index in [1.54, 1.807) is 36.4 Å². The zero-order valence-corrected chi connectivity index (χ0v) is 23.4. The Kier molecular flexibility index (Phi) is 9.36. The molecule has 5 aromatic rings. The highest BCUT2D eigenvalue weighted by atomic mass is 16.5. The number of aliphatic hydroxyl groups is 1. The lowest BCUT2D eigenvalue weighted by atomic mass is 10.0. The predicted molar refractivity (Wildman–Crippen MR) is 166 cm³/mol. The van der Waals surface area contributed by atoms with Gasteiger partial charge in [0.15, 0.2) is 0 Å². The molecule has 0 aliphatic carbocycles. The number of pyridine rings is 1. The number of anilines is 1. The van der Waals surface area contributed by atoms with Crippen molar-refractivity contribution in [3.05, 3.63) is 136 Å². The molecule has 5 rings (SSSR count). The summed E-state index contributed by atoms with van der Waals surface area (Å²) >= 11 is 0. The van der Waals surface area contributed by atoms with Crippen molar-refractivity contribution in [2.45, 2.75) is 25.7 Å². The van der Waals surface area contributed by atoms with E-state index in [-0.39, 0.29) is 17.9 Å². The first-order valence-electron chi connectivity index (χ1n) is 14.0. The van der Waals surface area contributed by atoms with E-state index in [9.17, 15) is 24.9 Å². The number of benzene rings is 4. The highest BCUT2D eigenvalue weighted by Gasteiger charge is 2.16. The number of aromatic nitrogens is 1. The Morgan fingerprint density at radius 3 is 2.47 bits per heavy atom. The molecule has 220 valence electrons. The molecule has 0 aliphatic heterocycles. The van der Waals surface area contributed by atoms with Crippen molar-refractivity contribution in [1.29, 1.82) is 0 Å². The van der Waals surface area contributed by atoms with E-state index in [1.807, 2.05) is 48.5 Å². The highest BCUT2D eigenvalue weighted by Crippen LogP contribution is 2.28. The number of ether oxygens (including phenoxy) is 1. The van der Waals surface area contributed by atoms with Crippen LogP contribution in [-0.4, -0.2) is 39.5 Å². The lowest BCUT2D eigenvalue weighted by Crippen LogP contribution is -2.28. The number of amides is 1. The van der Waals surface area contributed by atoms with Gasteiger partial charge in [0.25, 0.3) is 0 Å². The molecule has 1 atom stereocenters. The minimum absolute atomic E-state index is 0.0431. The maximum Gasteiger partial charge on any atom is 0.412 e. The summed E-state index contributed by atoms with van der Waals surface area (Å²) in [7, 11) is 0. The van der Waals surface area contributed by atoms with Crippen molar-refractivity contribution in [3.8, 4) is 11.5 Å². The SMILES string of the molecule is O=C(O)N(Cc1ccccc1)c1cccc(OCc2cccc(CCNC[C@H](O)c3ccc(O)c4[nH]c(=O)ccc34)c2)c1. The lowest BCUT2D eigenvalue weighted by Gasteiger charge is -2.20. The molecule has 43 heavy (non-hydrogen) atoms. The van der Waals surface area contributed by atoms with E-state index in [1.165, 1.54) is 17.0 Å². The number of phenolic OH excluding ortho intramolecular Hbond substituents is 1. The van der Waals surface area contributed by atoms with Crippen LogP contribution in [-0.2, 0) is 19.6 Å². The van der Waals surface area contributed by atoms with Gasteiger partial charge in [0.1, 0.15) is 18.1 Å². The Morgan fingerprint density at radius 1 is 0.884 bits per heavy atom. The standard InChI is InChI=1S/C34H33N3O6/c38-30-14-12-28(29-13-15-32(40)36-33(29)30)31(39)20-35-17-16-23-8-4-9-25(18-23)22-43-27-11-5-10-26(19-27)37(34(41)42)21-24-6-2-1-3-7-24/h1-15,18-19,31,35,38-39H,16-17,20-22H2,(H,36,40)(H,41,42)/t31-/m0/s1. The zero-order chi connectivity index (χ0) is 30.2. The number of aromatic hydroxyl groups is 1. The van der Waals surface area contributed by atoms with Crippen LogP contribution >= 0.6 is 0 Å². The van der Waals surface area contributed by atoms with Crippen LogP contribution in [0.3, 0.4) is 0 Å². The number of aromatic amines is 1. The smallest absolute Gasteiger partial charge is 0.412 e. The molecule has 9 nitrogen and oxygen atoms in total. The largest absolute Gasteiger partial charge is 0.506 e. The van der Waals surface area contributed by atoms with E-state index >= 15 is 0 Å². The van der Waals surface area contributed by atoms with Crippen molar-refractivity contribution in [2.24, 2.45) is 0 Å². The number of hydrogen-bond acceptors (Lipinski definition) is 6. The molecule has 0 unspecified atom stereocenters. The first kappa shape index (κ1) is 29.4. The average Bonchev–Trinajstić information content (AvgIpc) is 3.02. The number of carboxylic acid groups (broad SMARTS) is 1. The second-order valence-corrected chi connectivity index (χ2v) is 10.2. The second kappa shape index (κ2) is 13.7. The van der Waals surface area contributed by atoms with Crippen LogP contribution in [0, 0.1) is 0 Å². The number of H-pyrrole nitrogens is 1. The Hall–Kier alpha value is -5.12. The topological polar surface area (TPSA) is 135 Å². The molecule has 5 N–H and O–H groups in total. The van der Waals surface area contributed by atoms with Crippen LogP contribution in [0.15, 0.2) is 108 Å². The van der Waals surface area contributed by atoms with E-state index in [4.69, 9.17) is 4.74 Å². The molecule has 0 saturated carbocycles. The summed E-state index contributed by atoms with van der Waals surface area (Å²) in [5, 5.41) is 34.5. The fraction of sp³-hybridized carbons (Fsp3) is 0.176. The van der Waals surface area contributed by atoms with Gasteiger partial charge in [-0.3, -0.25) is 9.69 Å². The van der Waals surface area contributed by atoms with Gasteiger partial charge in [-0.1, -0.05) is 66.7 Å². The molecule has 0 saturated heterocycles. The number of fused-ring (bicyclic) bond motifs is 1. The van der Waals surface area contributed by atoms with Gasteiger partial charge in [-0.2, -0.15) is 0 Å². The summed E-state index contributed by atoms with van der Waals surface area (Å²) in [5.74, 6) is 0.530. The molecule has 0 bridgehead atoms. The molecule has 0 radical (unpaired) electrons. The molecule has 1 heterocycles. The number of aliphatic hydroxyl groups excluding tert-OH is 1. The number of nitrogens with one attached hydrogen (secondary N) is 2. The highest BCUT2D eigenvalue weighted by molar-refractivity contribution is 5.87. The summed E-state index contributed by atoms with van der Waals surface area (Å²) in [4.78, 5) is 27.5. The zero-order valence-electron chi connectivity index (χ0n) is 23.4. The molecule has 1 aromatic heterocycles. The normalized spacial score (nSPS) is 11.7. The Balaban J connectivity index is 1.14. The minimum Gasteiger partial charge on any atom is -0.506 e. The van der Waals surface area contributed by atoms with Gasteiger partial charge in [0.2, 0.25) is 5.56 Å². The third kappa shape index (κ3) is 7.59. The Labute approximate surface area is 248 Å². The Bertz CT molecular complexity index is 1750. The summed E-state index contributed by atoms with van der Waals surface area (Å²) < 4.78 is 6.02. The number of rotatable bonds is 12. The van der Waals surface area contributed by atoms with Crippen molar-refractivity contribution < 1.29 is 24.9 Å². The molecular formula is C34H33N3O6. The van der Waals surface area contributed by atoms with Crippen LogP contribution < -0.4 is 20.5 Å². The van der Waals surface area contributed by atoms with Crippen LogP contribution in [0.1, 0.15) is 28.4 Å². The van der Waals surface area contributed by atoms with Crippen molar-refractivity contribution in [3.63, 3.8) is 0 Å². The summed E-state index contributed by atoms with van der Waals surface area (Å²) in [6.07, 6.45) is -1.14. The lowest BCUT2D eigenvalue weighted by molar-refractivity contribution is 0.176. The van der Waals surface area contributed by atoms with Crippen molar-refractivity contribution in [2.75, 3.05) is 18.0 Å². The van der Waals surface area contributed by atoms with E-state index in [0.717, 1.165) is 23.1 Å². The van der Waals surface area contributed by atoms with E-state index < -0.39 is 12.2 Å². The molecule has 0 spiro atoms. The minimum atomic E-state index is -1.04. The van der Waals surface area contributed by atoms with Crippen LogP contribution in [0.2, 0.25) is 0 Å². The molecule has 0 aliphatic rings. The van der Waals surface area contributed by atoms with Gasteiger partial charge in [0.05, 0.1) is 23.9 Å². The third-order valence-electron chi connectivity index (χ3n) is 7.13. The van der Waals surface area contributed by atoms with E-state index in [0.29, 0.717) is 47.6 Å². The first-order chi connectivity index (χ1) is 20.9.